The van der Waals surface area contributed by atoms with Gasteiger partial charge in [-0.05, 0) is 50.2 Å². The van der Waals surface area contributed by atoms with Crippen molar-refractivity contribution in [3.8, 4) is 0 Å². The maximum absolute atomic E-state index is 13.5. The molecule has 1 heterocycles. The van der Waals surface area contributed by atoms with Gasteiger partial charge in [-0.2, -0.15) is 0 Å². The molecule has 1 N–H and O–H groups in total. The number of aliphatic hydroxyl groups excluding tert-OH is 1. The molecule has 2 rings (SSSR count). The smallest absolute Gasteiger partial charge is 0.266 e. The molecule has 0 aliphatic rings. The summed E-state index contributed by atoms with van der Waals surface area (Å²) in [6, 6.07) is 12.3. The molecule has 0 spiro atoms. The summed E-state index contributed by atoms with van der Waals surface area (Å²) in [7, 11) is 0.349. The molecular weight excluding hydrogens is 311 g/mol. The van der Waals surface area contributed by atoms with Gasteiger partial charge in [0.05, 0.1) is 11.8 Å². The van der Waals surface area contributed by atoms with Gasteiger partial charge in [0, 0.05) is 31.3 Å². The molecule has 2 unspecified atom stereocenters. The highest BCUT2D eigenvalue weighted by atomic mass is 31.2. The van der Waals surface area contributed by atoms with Crippen LogP contribution in [0.25, 0.3) is 0 Å². The molecule has 5 nitrogen and oxygen atoms in total. The lowest BCUT2D eigenvalue weighted by molar-refractivity contribution is 0.186. The normalized spacial score (nSPS) is 15.2. The Morgan fingerprint density at radius 1 is 1.13 bits per heavy atom. The molecule has 0 saturated carbocycles. The summed E-state index contributed by atoms with van der Waals surface area (Å²) in [5, 5.41) is 11.1. The van der Waals surface area contributed by atoms with Crippen molar-refractivity contribution in [3.05, 3.63) is 54.4 Å². The second-order valence-electron chi connectivity index (χ2n) is 5.79. The number of aliphatic hydroxyl groups is 1. The molecule has 23 heavy (non-hydrogen) atoms. The van der Waals surface area contributed by atoms with Gasteiger partial charge >= 0.3 is 0 Å². The van der Waals surface area contributed by atoms with E-state index >= 15 is 0 Å². The van der Waals surface area contributed by atoms with Gasteiger partial charge in [0.25, 0.3) is 7.37 Å². The average Bonchev–Trinajstić information content (AvgIpc) is 2.54. The zero-order valence-corrected chi connectivity index (χ0v) is 14.8. The van der Waals surface area contributed by atoms with Crippen LogP contribution in [0.5, 0.6) is 0 Å². The zero-order chi connectivity index (χ0) is 17.0. The molecule has 0 radical (unpaired) electrons. The van der Waals surface area contributed by atoms with E-state index in [1.54, 1.807) is 50.4 Å². The van der Waals surface area contributed by atoms with Crippen LogP contribution in [0, 0.1) is 0 Å². The highest BCUT2D eigenvalue weighted by Gasteiger charge is 2.38. The molecule has 2 aromatic rings. The van der Waals surface area contributed by atoms with Gasteiger partial charge in [0.2, 0.25) is 0 Å². The number of aromatic nitrogens is 1. The van der Waals surface area contributed by atoms with Crippen molar-refractivity contribution >= 4 is 18.4 Å². The molecule has 2 atom stereocenters. The fourth-order valence-electron chi connectivity index (χ4n) is 2.23. The van der Waals surface area contributed by atoms with E-state index in [0.29, 0.717) is 11.0 Å². The van der Waals surface area contributed by atoms with Gasteiger partial charge in [0.15, 0.2) is 5.85 Å². The first-order valence-corrected chi connectivity index (χ1v) is 9.19. The van der Waals surface area contributed by atoms with E-state index in [9.17, 15) is 9.67 Å². The van der Waals surface area contributed by atoms with Gasteiger partial charge in [-0.25, -0.2) is 0 Å². The molecule has 0 amide bonds. The number of pyridine rings is 1. The highest BCUT2D eigenvalue weighted by molar-refractivity contribution is 7.67. The standard InChI is InChI=1S/C17H23N2O3P/c1-13(2)22-23(21,17(20)16-7-5-6-12-18-16)15-10-8-14(9-11-15)19(3)4/h5-13,17,20H,1-4H3. The van der Waals surface area contributed by atoms with E-state index in [2.05, 4.69) is 4.98 Å². The summed E-state index contributed by atoms with van der Waals surface area (Å²) >= 11 is 0. The second kappa shape index (κ2) is 7.26. The first-order valence-electron chi connectivity index (χ1n) is 7.49. The Bertz CT molecular complexity index is 672. The molecule has 0 aliphatic heterocycles. The SMILES string of the molecule is CC(C)OP(=O)(c1ccc(N(C)C)cc1)C(O)c1ccccn1. The quantitative estimate of drug-likeness (QED) is 0.822. The molecule has 124 valence electrons. The summed E-state index contributed by atoms with van der Waals surface area (Å²) in [6.07, 6.45) is 1.28. The van der Waals surface area contributed by atoms with E-state index in [1.807, 2.05) is 31.1 Å². The topological polar surface area (TPSA) is 62.7 Å². The molecular formula is C17H23N2O3P. The lowest BCUT2D eigenvalue weighted by Crippen LogP contribution is -2.18. The van der Waals surface area contributed by atoms with Crippen molar-refractivity contribution in [1.82, 2.24) is 4.98 Å². The van der Waals surface area contributed by atoms with Crippen LogP contribution in [0.3, 0.4) is 0 Å². The number of anilines is 1. The first-order chi connectivity index (χ1) is 10.8. The summed E-state index contributed by atoms with van der Waals surface area (Å²) in [5.74, 6) is -1.30. The highest BCUT2D eigenvalue weighted by Crippen LogP contribution is 2.58. The van der Waals surface area contributed by atoms with Crippen molar-refractivity contribution in [2.75, 3.05) is 19.0 Å². The van der Waals surface area contributed by atoms with Crippen molar-refractivity contribution in [3.63, 3.8) is 0 Å². The molecule has 6 heteroatoms. The van der Waals surface area contributed by atoms with Crippen LogP contribution >= 0.6 is 7.37 Å². The van der Waals surface area contributed by atoms with E-state index in [0.717, 1.165) is 5.69 Å². The Hall–Kier alpha value is -1.68. The largest absolute Gasteiger partial charge is 0.378 e. The monoisotopic (exact) mass is 334 g/mol. The van der Waals surface area contributed by atoms with Crippen LogP contribution in [-0.4, -0.2) is 30.3 Å². The van der Waals surface area contributed by atoms with Gasteiger partial charge in [-0.3, -0.25) is 9.55 Å². The maximum atomic E-state index is 13.5. The van der Waals surface area contributed by atoms with Crippen molar-refractivity contribution < 1.29 is 14.2 Å². The fourth-order valence-corrected chi connectivity index (χ4v) is 4.45. The van der Waals surface area contributed by atoms with Gasteiger partial charge < -0.3 is 14.5 Å². The van der Waals surface area contributed by atoms with Crippen molar-refractivity contribution in [2.45, 2.75) is 25.8 Å². The minimum absolute atomic E-state index is 0.285. The van der Waals surface area contributed by atoms with E-state index in [-0.39, 0.29) is 6.10 Å². The predicted octanol–water partition coefficient (Wildman–Crippen LogP) is 3.17. The summed E-state index contributed by atoms with van der Waals surface area (Å²) in [4.78, 5) is 6.06. The summed E-state index contributed by atoms with van der Waals surface area (Å²) < 4.78 is 19.2. The maximum Gasteiger partial charge on any atom is 0.266 e. The number of nitrogens with zero attached hydrogens (tertiary/aromatic N) is 2. The Balaban J connectivity index is 2.44. The Morgan fingerprint density at radius 3 is 2.26 bits per heavy atom. The summed E-state index contributed by atoms with van der Waals surface area (Å²) in [6.45, 7) is 3.60. The van der Waals surface area contributed by atoms with Crippen LogP contribution in [0.4, 0.5) is 5.69 Å². The van der Waals surface area contributed by atoms with Crippen LogP contribution < -0.4 is 10.2 Å². The Kier molecular flexibility index (Phi) is 5.58. The molecule has 1 aromatic heterocycles. The fraction of sp³-hybridized carbons (Fsp3) is 0.353. The number of rotatable bonds is 6. The Morgan fingerprint density at radius 2 is 1.78 bits per heavy atom. The van der Waals surface area contributed by atoms with Gasteiger partial charge in [-0.15, -0.1) is 0 Å². The van der Waals surface area contributed by atoms with Crippen molar-refractivity contribution in [1.29, 1.82) is 0 Å². The minimum Gasteiger partial charge on any atom is -0.378 e. The average molecular weight is 334 g/mol. The Labute approximate surface area is 137 Å². The molecule has 0 fully saturated rings. The van der Waals surface area contributed by atoms with Crippen LogP contribution in [0.2, 0.25) is 0 Å². The van der Waals surface area contributed by atoms with Crippen LogP contribution in [0.15, 0.2) is 48.7 Å². The molecule has 0 saturated heterocycles. The van der Waals surface area contributed by atoms with E-state index < -0.39 is 13.2 Å². The van der Waals surface area contributed by atoms with E-state index in [1.165, 1.54) is 0 Å². The second-order valence-corrected chi connectivity index (χ2v) is 8.20. The lowest BCUT2D eigenvalue weighted by Gasteiger charge is -2.26. The van der Waals surface area contributed by atoms with Gasteiger partial charge in [-0.1, -0.05) is 6.07 Å². The molecule has 1 aromatic carbocycles. The number of hydrogen-bond donors (Lipinski definition) is 1. The van der Waals surface area contributed by atoms with Crippen LogP contribution in [0.1, 0.15) is 25.4 Å². The number of benzene rings is 1. The summed E-state index contributed by atoms with van der Waals surface area (Å²) in [5.41, 5.74) is 1.32. The lowest BCUT2D eigenvalue weighted by atomic mass is 10.3. The third kappa shape index (κ3) is 3.99. The zero-order valence-electron chi connectivity index (χ0n) is 13.9. The minimum atomic E-state index is -3.52. The first kappa shape index (κ1) is 17.7. The van der Waals surface area contributed by atoms with E-state index in [4.69, 9.17) is 4.52 Å². The van der Waals surface area contributed by atoms with Crippen LogP contribution in [-0.2, 0) is 9.09 Å². The third-order valence-corrected chi connectivity index (χ3v) is 6.03. The number of hydrogen-bond acceptors (Lipinski definition) is 5. The van der Waals surface area contributed by atoms with Gasteiger partial charge in [0.1, 0.15) is 0 Å². The molecule has 0 aliphatic carbocycles. The third-order valence-electron chi connectivity index (χ3n) is 3.37. The molecule has 0 bridgehead atoms. The van der Waals surface area contributed by atoms with Crippen molar-refractivity contribution in [2.24, 2.45) is 0 Å². The predicted molar refractivity (Wildman–Crippen MR) is 93.4 cm³/mol.